The zero-order valence-corrected chi connectivity index (χ0v) is 5.66. The summed E-state index contributed by atoms with van der Waals surface area (Å²) in [5.74, 6) is 0. The number of hydrogen-bond acceptors (Lipinski definition) is 2. The molecule has 0 N–H and O–H groups in total. The summed E-state index contributed by atoms with van der Waals surface area (Å²) in [7, 11) is 0. The molecule has 2 rings (SSSR count). The zero-order chi connectivity index (χ0) is 6.81. The molecule has 2 nitrogen and oxygen atoms in total. The monoisotopic (exact) mass is 135 g/mol. The summed E-state index contributed by atoms with van der Waals surface area (Å²) in [5.41, 5.74) is 1.16. The van der Waals surface area contributed by atoms with Gasteiger partial charge in [0.25, 0.3) is 11.9 Å². The van der Waals surface area contributed by atoms with Crippen molar-refractivity contribution >= 4 is 5.71 Å². The summed E-state index contributed by atoms with van der Waals surface area (Å²) in [6.07, 6.45) is 9.85. The van der Waals surface area contributed by atoms with Crippen LogP contribution < -0.4 is 4.99 Å². The van der Waals surface area contributed by atoms with Gasteiger partial charge in [0.1, 0.15) is 0 Å². The van der Waals surface area contributed by atoms with Crippen molar-refractivity contribution in [1.29, 1.82) is 0 Å². The maximum atomic E-state index is 5.28. The number of aliphatic imine (C=N–C) groups is 1. The molecule has 0 aromatic rings. The Hall–Kier alpha value is -1.05. The van der Waals surface area contributed by atoms with Gasteiger partial charge in [0.2, 0.25) is 6.10 Å². The molecule has 2 aliphatic rings. The van der Waals surface area contributed by atoms with E-state index in [9.17, 15) is 0 Å². The minimum absolute atomic E-state index is 0.138. The van der Waals surface area contributed by atoms with Crippen LogP contribution in [-0.4, -0.2) is 11.8 Å². The van der Waals surface area contributed by atoms with Crippen molar-refractivity contribution < 1.29 is 4.74 Å². The SMILES string of the molecule is C1=CC2OC=C[N+]=C2CC1. The Kier molecular flexibility index (Phi) is 1.31. The van der Waals surface area contributed by atoms with Gasteiger partial charge in [-0.2, -0.15) is 0 Å². The molecule has 1 unspecified atom stereocenters. The second-order valence-electron chi connectivity index (χ2n) is 2.43. The normalized spacial score (nSPS) is 28.8. The molecule has 0 aromatic heterocycles. The molecule has 10 heavy (non-hydrogen) atoms. The lowest BCUT2D eigenvalue weighted by molar-refractivity contribution is 0.231. The quantitative estimate of drug-likeness (QED) is 0.454. The summed E-state index contributed by atoms with van der Waals surface area (Å²) >= 11 is 0. The van der Waals surface area contributed by atoms with Crippen LogP contribution in [0.4, 0.5) is 0 Å². The highest BCUT2D eigenvalue weighted by Crippen LogP contribution is 2.12. The molecule has 0 fully saturated rings. The highest BCUT2D eigenvalue weighted by molar-refractivity contribution is 5.91. The number of hydrogen-bond donors (Lipinski definition) is 0. The second kappa shape index (κ2) is 2.29. The van der Waals surface area contributed by atoms with Crippen molar-refractivity contribution in [2.75, 3.05) is 0 Å². The highest BCUT2D eigenvalue weighted by Gasteiger charge is 2.26. The number of ether oxygens (including phenoxy) is 1. The molecule has 0 bridgehead atoms. The van der Waals surface area contributed by atoms with Gasteiger partial charge in [-0.05, 0) is 12.5 Å². The molecule has 1 aliphatic heterocycles. The van der Waals surface area contributed by atoms with Crippen molar-refractivity contribution in [3.05, 3.63) is 24.6 Å². The third-order valence-corrected chi connectivity index (χ3v) is 1.73. The van der Waals surface area contributed by atoms with Crippen molar-refractivity contribution in [2.24, 2.45) is 0 Å². The van der Waals surface area contributed by atoms with Crippen LogP contribution in [0.5, 0.6) is 0 Å². The number of nitrogens with zero attached hydrogens (tertiary/aromatic N) is 1. The Morgan fingerprint density at radius 2 is 2.60 bits per heavy atom. The molecule has 2 heteroatoms. The molecular formula is C8H9NO+. The van der Waals surface area contributed by atoms with Crippen LogP contribution in [0.25, 0.3) is 0 Å². The predicted molar refractivity (Wildman–Crippen MR) is 39.5 cm³/mol. The van der Waals surface area contributed by atoms with Crippen molar-refractivity contribution in [3.8, 4) is 0 Å². The molecule has 1 radical (unpaired) electrons. The average Bonchev–Trinajstić information content (AvgIpc) is 2.05. The lowest BCUT2D eigenvalue weighted by atomic mass is 10.0. The fourth-order valence-corrected chi connectivity index (χ4v) is 1.21. The Bertz CT molecular complexity index is 215. The first-order valence-electron chi connectivity index (χ1n) is 3.50. The van der Waals surface area contributed by atoms with Gasteiger partial charge in [-0.1, -0.05) is 6.08 Å². The first-order valence-corrected chi connectivity index (χ1v) is 3.50. The minimum atomic E-state index is 0.138. The van der Waals surface area contributed by atoms with Gasteiger partial charge in [-0.15, -0.1) is 0 Å². The molecule has 1 heterocycles. The summed E-state index contributed by atoms with van der Waals surface area (Å²) in [6.45, 7) is 0. The molecule has 1 atom stereocenters. The molecule has 0 saturated carbocycles. The lowest BCUT2D eigenvalue weighted by Gasteiger charge is -2.12. The summed E-state index contributed by atoms with van der Waals surface area (Å²) in [4.78, 5) is 4.21. The summed E-state index contributed by atoms with van der Waals surface area (Å²) in [5, 5.41) is 0. The van der Waals surface area contributed by atoms with E-state index in [0.717, 1.165) is 18.6 Å². The van der Waals surface area contributed by atoms with E-state index in [1.807, 2.05) is 0 Å². The number of allylic oxidation sites excluding steroid dienone is 1. The van der Waals surface area contributed by atoms with E-state index in [1.54, 1.807) is 12.5 Å². The summed E-state index contributed by atoms with van der Waals surface area (Å²) < 4.78 is 5.28. The van der Waals surface area contributed by atoms with Crippen LogP contribution in [0.2, 0.25) is 0 Å². The first kappa shape index (κ1) is 5.71. The average molecular weight is 135 g/mol. The molecular weight excluding hydrogens is 126 g/mol. The van der Waals surface area contributed by atoms with Crippen molar-refractivity contribution in [1.82, 2.24) is 4.99 Å². The van der Waals surface area contributed by atoms with E-state index >= 15 is 0 Å². The minimum Gasteiger partial charge on any atom is -0.476 e. The molecule has 51 valence electrons. The highest BCUT2D eigenvalue weighted by atomic mass is 16.5. The van der Waals surface area contributed by atoms with Crippen LogP contribution in [0.15, 0.2) is 24.6 Å². The first-order chi connectivity index (χ1) is 4.97. The molecule has 0 spiro atoms. The molecule has 0 saturated heterocycles. The predicted octanol–water partition coefficient (Wildman–Crippen LogP) is 0.983. The van der Waals surface area contributed by atoms with Crippen LogP contribution >= 0.6 is 0 Å². The fourth-order valence-electron chi connectivity index (χ4n) is 1.21. The van der Waals surface area contributed by atoms with E-state index in [2.05, 4.69) is 17.1 Å². The van der Waals surface area contributed by atoms with E-state index in [4.69, 9.17) is 4.74 Å². The van der Waals surface area contributed by atoms with Gasteiger partial charge in [0.05, 0.1) is 4.99 Å². The molecule has 0 amide bonds. The van der Waals surface area contributed by atoms with Crippen LogP contribution in [-0.2, 0) is 4.74 Å². The lowest BCUT2D eigenvalue weighted by Crippen LogP contribution is -2.28. The summed E-state index contributed by atoms with van der Waals surface area (Å²) in [6, 6.07) is 0. The molecule has 0 aromatic carbocycles. The maximum Gasteiger partial charge on any atom is 0.276 e. The van der Waals surface area contributed by atoms with Gasteiger partial charge in [-0.3, -0.25) is 0 Å². The van der Waals surface area contributed by atoms with E-state index < -0.39 is 0 Å². The van der Waals surface area contributed by atoms with Crippen LogP contribution in [0.3, 0.4) is 0 Å². The fraction of sp³-hybridized carbons (Fsp3) is 0.375. The topological polar surface area (TPSA) is 23.3 Å². The third kappa shape index (κ3) is 0.856. The standard InChI is InChI=1S/C8H9NO/c1-2-4-8-7(3-1)9-5-6-10-8/h2,4-6,8H,1,3H2/q+1. The second-order valence-corrected chi connectivity index (χ2v) is 2.43. The van der Waals surface area contributed by atoms with Crippen molar-refractivity contribution in [2.45, 2.75) is 18.9 Å². The van der Waals surface area contributed by atoms with E-state index in [0.29, 0.717) is 0 Å². The van der Waals surface area contributed by atoms with Gasteiger partial charge >= 0.3 is 0 Å². The van der Waals surface area contributed by atoms with E-state index in [-0.39, 0.29) is 6.10 Å². The Morgan fingerprint density at radius 1 is 1.60 bits per heavy atom. The zero-order valence-electron chi connectivity index (χ0n) is 5.66. The third-order valence-electron chi connectivity index (χ3n) is 1.73. The van der Waals surface area contributed by atoms with Gasteiger partial charge in [0.15, 0.2) is 6.26 Å². The number of fused-ring (bicyclic) bond motifs is 1. The van der Waals surface area contributed by atoms with Gasteiger partial charge < -0.3 is 4.74 Å². The Balaban J connectivity index is 2.26. The van der Waals surface area contributed by atoms with Crippen LogP contribution in [0, 0.1) is 0 Å². The van der Waals surface area contributed by atoms with E-state index in [1.165, 1.54) is 0 Å². The number of rotatable bonds is 0. The molecule has 1 aliphatic carbocycles. The largest absolute Gasteiger partial charge is 0.476 e. The maximum absolute atomic E-state index is 5.28. The Morgan fingerprint density at radius 3 is 3.50 bits per heavy atom. The van der Waals surface area contributed by atoms with Crippen LogP contribution in [0.1, 0.15) is 12.8 Å². The smallest absolute Gasteiger partial charge is 0.276 e. The Labute approximate surface area is 59.9 Å². The van der Waals surface area contributed by atoms with Gasteiger partial charge in [0, 0.05) is 6.42 Å². The van der Waals surface area contributed by atoms with Crippen molar-refractivity contribution in [3.63, 3.8) is 0 Å². The van der Waals surface area contributed by atoms with Gasteiger partial charge in [-0.25, -0.2) is 0 Å².